The number of halogens is 1. The summed E-state index contributed by atoms with van der Waals surface area (Å²) in [6, 6.07) is 5.52. The average molecular weight is 347 g/mol. The molecule has 0 aliphatic carbocycles. The predicted octanol–water partition coefficient (Wildman–Crippen LogP) is 2.32. The molecule has 1 atom stereocenters. The van der Waals surface area contributed by atoms with Crippen LogP contribution in [0.1, 0.15) is 18.5 Å². The van der Waals surface area contributed by atoms with Crippen LogP contribution in [-0.4, -0.2) is 30.6 Å². The molecule has 2 heterocycles. The lowest BCUT2D eigenvalue weighted by Gasteiger charge is -2.16. The summed E-state index contributed by atoms with van der Waals surface area (Å²) < 4.78 is 1.80. The van der Waals surface area contributed by atoms with Gasteiger partial charge in [0.1, 0.15) is 0 Å². The van der Waals surface area contributed by atoms with Gasteiger partial charge in [0.25, 0.3) is 0 Å². The van der Waals surface area contributed by atoms with Crippen LogP contribution in [0, 0.1) is 0 Å². The fourth-order valence-electron chi connectivity index (χ4n) is 2.37. The van der Waals surface area contributed by atoms with E-state index >= 15 is 0 Å². The minimum Gasteiger partial charge on any atom is -0.479 e. The van der Waals surface area contributed by atoms with Crippen molar-refractivity contribution < 1.29 is 9.90 Å². The zero-order valence-electron chi connectivity index (χ0n) is 12.8. The highest BCUT2D eigenvalue weighted by molar-refractivity contribution is 6.30. The molecule has 24 heavy (non-hydrogen) atoms. The molecule has 1 aromatic carbocycles. The van der Waals surface area contributed by atoms with Crippen LogP contribution >= 0.6 is 11.6 Å². The first-order valence-corrected chi connectivity index (χ1v) is 7.60. The van der Waals surface area contributed by atoms with Crippen molar-refractivity contribution in [3.05, 3.63) is 41.2 Å². The molecule has 0 amide bonds. The maximum absolute atomic E-state index is 11.7. The van der Waals surface area contributed by atoms with Gasteiger partial charge in [-0.05, 0) is 24.6 Å². The molecule has 0 spiro atoms. The smallest absolute Gasteiger partial charge is 0.330 e. The Hall–Kier alpha value is -2.87. The molecule has 0 aliphatic rings. The first-order chi connectivity index (χ1) is 11.5. The van der Waals surface area contributed by atoms with E-state index in [9.17, 15) is 9.90 Å². The first-order valence-electron chi connectivity index (χ1n) is 7.22. The summed E-state index contributed by atoms with van der Waals surface area (Å²) in [5, 5.41) is 13.0. The summed E-state index contributed by atoms with van der Waals surface area (Å²) in [4.78, 5) is 24.2. The predicted molar refractivity (Wildman–Crippen MR) is 90.9 cm³/mol. The molecule has 0 fully saturated rings. The van der Waals surface area contributed by atoms with E-state index in [1.54, 1.807) is 35.2 Å². The number of imidazole rings is 1. The molecule has 2 aromatic heterocycles. The van der Waals surface area contributed by atoms with E-state index in [2.05, 4.69) is 20.3 Å². The Morgan fingerprint density at radius 1 is 1.38 bits per heavy atom. The Morgan fingerprint density at radius 2 is 2.08 bits per heavy atom. The molecule has 3 aromatic rings. The molecule has 0 saturated heterocycles. The summed E-state index contributed by atoms with van der Waals surface area (Å²) in [5.74, 6) is -0.745. The highest BCUT2D eigenvalue weighted by Gasteiger charge is 2.22. The van der Waals surface area contributed by atoms with Gasteiger partial charge in [-0.3, -0.25) is 0 Å². The van der Waals surface area contributed by atoms with E-state index in [0.717, 1.165) is 0 Å². The van der Waals surface area contributed by atoms with Gasteiger partial charge in [-0.25, -0.2) is 9.78 Å². The minimum atomic E-state index is -1.06. The molecule has 0 saturated carbocycles. The molecule has 9 heteroatoms. The number of anilines is 2. The van der Waals surface area contributed by atoms with Crippen LogP contribution < -0.4 is 11.1 Å². The van der Waals surface area contributed by atoms with Crippen molar-refractivity contribution >= 4 is 40.5 Å². The van der Waals surface area contributed by atoms with Crippen molar-refractivity contribution in [2.45, 2.75) is 19.5 Å². The van der Waals surface area contributed by atoms with E-state index < -0.39 is 12.0 Å². The van der Waals surface area contributed by atoms with E-state index in [1.807, 2.05) is 6.92 Å². The van der Waals surface area contributed by atoms with Gasteiger partial charge in [0.05, 0.1) is 6.33 Å². The lowest BCUT2D eigenvalue weighted by molar-refractivity contribution is -0.138. The Labute approximate surface area is 142 Å². The van der Waals surface area contributed by atoms with Crippen LogP contribution in [0.15, 0.2) is 30.6 Å². The Morgan fingerprint density at radius 3 is 2.71 bits per heavy atom. The number of nitrogens with zero attached hydrogens (tertiary/aromatic N) is 4. The second kappa shape index (κ2) is 6.32. The zero-order valence-corrected chi connectivity index (χ0v) is 13.5. The van der Waals surface area contributed by atoms with Crippen LogP contribution in [0.4, 0.5) is 11.8 Å². The molecular formula is C15H15ClN6O2. The van der Waals surface area contributed by atoms with Gasteiger partial charge >= 0.3 is 5.97 Å². The monoisotopic (exact) mass is 346 g/mol. The highest BCUT2D eigenvalue weighted by atomic mass is 35.5. The summed E-state index contributed by atoms with van der Waals surface area (Å²) >= 11 is 5.86. The number of aryl methyl sites for hydroxylation is 1. The highest BCUT2D eigenvalue weighted by Crippen LogP contribution is 2.25. The number of nitrogens with two attached hydrogens (primary N) is 1. The van der Waals surface area contributed by atoms with Gasteiger partial charge in [-0.2, -0.15) is 9.97 Å². The molecule has 3 rings (SSSR count). The maximum atomic E-state index is 11.7. The van der Waals surface area contributed by atoms with Crippen LogP contribution in [0.3, 0.4) is 0 Å². The number of nitrogen functional groups attached to an aromatic ring is 1. The standard InChI is InChI=1S/C15H15ClN6O2/c1-2-22-7-18-11-12(20-15(17)21-13(11)22)19-10(14(23)24)8-3-5-9(16)6-4-8/h3-7,10H,2H2,1H3,(H,23,24)(H3,17,19,20,21). The molecular weight excluding hydrogens is 332 g/mol. The van der Waals surface area contributed by atoms with Crippen molar-refractivity contribution in [3.8, 4) is 0 Å². The third kappa shape index (κ3) is 2.95. The summed E-state index contributed by atoms with van der Waals surface area (Å²) in [5.41, 5.74) is 7.30. The minimum absolute atomic E-state index is 0.0421. The molecule has 1 unspecified atom stereocenters. The number of hydrogen-bond donors (Lipinski definition) is 3. The van der Waals surface area contributed by atoms with E-state index in [-0.39, 0.29) is 11.8 Å². The van der Waals surface area contributed by atoms with Gasteiger partial charge in [0.15, 0.2) is 23.0 Å². The fourth-order valence-corrected chi connectivity index (χ4v) is 2.50. The van der Waals surface area contributed by atoms with Crippen molar-refractivity contribution in [1.29, 1.82) is 0 Å². The number of hydrogen-bond acceptors (Lipinski definition) is 6. The quantitative estimate of drug-likeness (QED) is 0.648. The molecule has 8 nitrogen and oxygen atoms in total. The van der Waals surface area contributed by atoms with Crippen LogP contribution in [0.2, 0.25) is 5.02 Å². The van der Waals surface area contributed by atoms with Gasteiger partial charge in [-0.1, -0.05) is 23.7 Å². The Kier molecular flexibility index (Phi) is 4.22. The number of aromatic nitrogens is 4. The second-order valence-corrected chi connectivity index (χ2v) is 5.54. The van der Waals surface area contributed by atoms with Crippen molar-refractivity contribution in [1.82, 2.24) is 19.5 Å². The number of carbonyl (C=O) groups is 1. The molecule has 0 aliphatic heterocycles. The number of rotatable bonds is 5. The molecule has 124 valence electrons. The van der Waals surface area contributed by atoms with E-state index in [4.69, 9.17) is 17.3 Å². The zero-order chi connectivity index (χ0) is 17.3. The number of aliphatic carboxylic acids is 1. The third-order valence-electron chi connectivity index (χ3n) is 3.55. The average Bonchev–Trinajstić information content (AvgIpc) is 2.96. The SMILES string of the molecule is CCn1cnc2c(NC(C(=O)O)c3ccc(Cl)cc3)nc(N)nc21. The number of carboxylic acid groups (broad SMARTS) is 1. The lowest BCUT2D eigenvalue weighted by atomic mass is 10.1. The maximum Gasteiger partial charge on any atom is 0.330 e. The summed E-state index contributed by atoms with van der Waals surface area (Å²) in [7, 11) is 0. The van der Waals surface area contributed by atoms with Crippen molar-refractivity contribution in [3.63, 3.8) is 0 Å². The van der Waals surface area contributed by atoms with Crippen molar-refractivity contribution in [2.24, 2.45) is 0 Å². The Bertz CT molecular complexity index is 893. The van der Waals surface area contributed by atoms with Gasteiger partial charge in [-0.15, -0.1) is 0 Å². The largest absolute Gasteiger partial charge is 0.479 e. The third-order valence-corrected chi connectivity index (χ3v) is 3.81. The number of benzene rings is 1. The van der Waals surface area contributed by atoms with Gasteiger partial charge in [0, 0.05) is 11.6 Å². The van der Waals surface area contributed by atoms with E-state index in [1.165, 1.54) is 0 Å². The van der Waals surface area contributed by atoms with Gasteiger partial charge < -0.3 is 20.7 Å². The van der Waals surface area contributed by atoms with Crippen LogP contribution in [0.5, 0.6) is 0 Å². The molecule has 0 bridgehead atoms. The summed E-state index contributed by atoms with van der Waals surface area (Å²) in [6.45, 7) is 2.60. The molecule has 4 N–H and O–H groups in total. The van der Waals surface area contributed by atoms with Crippen molar-refractivity contribution in [2.75, 3.05) is 11.1 Å². The number of fused-ring (bicyclic) bond motifs is 1. The van der Waals surface area contributed by atoms with E-state index in [0.29, 0.717) is 28.3 Å². The first kappa shape index (κ1) is 16.0. The molecule has 0 radical (unpaired) electrons. The number of carboxylic acids is 1. The van der Waals surface area contributed by atoms with Crippen LogP contribution in [0.25, 0.3) is 11.2 Å². The normalized spacial score (nSPS) is 12.2. The van der Waals surface area contributed by atoms with Crippen LogP contribution in [-0.2, 0) is 11.3 Å². The number of nitrogens with one attached hydrogen (secondary N) is 1. The topological polar surface area (TPSA) is 119 Å². The second-order valence-electron chi connectivity index (χ2n) is 5.10. The Balaban J connectivity index is 2.04. The van der Waals surface area contributed by atoms with Gasteiger partial charge in [0.2, 0.25) is 5.95 Å². The lowest BCUT2D eigenvalue weighted by Crippen LogP contribution is -2.21. The summed E-state index contributed by atoms with van der Waals surface area (Å²) in [6.07, 6.45) is 1.61. The fraction of sp³-hybridized carbons (Fsp3) is 0.200.